The summed E-state index contributed by atoms with van der Waals surface area (Å²) in [6.45, 7) is 2.22. The van der Waals surface area contributed by atoms with E-state index in [1.807, 2.05) is 19.1 Å². The largest absolute Gasteiger partial charge is 0.341 e. The number of thiophene rings is 1. The zero-order valence-corrected chi connectivity index (χ0v) is 8.39. The zero-order chi connectivity index (χ0) is 9.84. The van der Waals surface area contributed by atoms with Crippen LogP contribution in [0.3, 0.4) is 0 Å². The number of hydrogen-bond donors (Lipinski definition) is 2. The van der Waals surface area contributed by atoms with Gasteiger partial charge in [0.05, 0.1) is 6.54 Å². The third kappa shape index (κ3) is 2.71. The van der Waals surface area contributed by atoms with Crippen molar-refractivity contribution in [3.8, 4) is 0 Å². The minimum atomic E-state index is -0.494. The van der Waals surface area contributed by atoms with Gasteiger partial charge in [-0.15, -0.1) is 11.3 Å². The van der Waals surface area contributed by atoms with Crippen molar-refractivity contribution in [1.29, 1.82) is 0 Å². The molecule has 72 valence electrons. The molecule has 1 aromatic rings. The highest BCUT2D eigenvalue weighted by atomic mass is 32.1. The molecule has 1 rings (SSSR count). The monoisotopic (exact) mass is 200 g/mol. The van der Waals surface area contributed by atoms with Crippen LogP contribution in [0.4, 0.5) is 4.79 Å². The van der Waals surface area contributed by atoms with E-state index in [4.69, 9.17) is 0 Å². The molecule has 0 saturated carbocycles. The normalized spacial score (nSPS) is 9.77. The fourth-order valence-electron chi connectivity index (χ4n) is 0.919. The number of nitrogens with one attached hydrogen (secondary N) is 1. The average molecular weight is 200 g/mol. The molecule has 0 radical (unpaired) electrons. The van der Waals surface area contributed by atoms with Crippen LogP contribution in [0.15, 0.2) is 12.1 Å². The topological polar surface area (TPSA) is 52.6 Å². The molecular weight excluding hydrogens is 188 g/mol. The highest BCUT2D eigenvalue weighted by Crippen LogP contribution is 2.16. The quantitative estimate of drug-likeness (QED) is 0.562. The van der Waals surface area contributed by atoms with Crippen molar-refractivity contribution in [2.24, 2.45) is 0 Å². The molecular formula is C8H12N2O2S. The Balaban J connectivity index is 2.54. The summed E-state index contributed by atoms with van der Waals surface area (Å²) in [6, 6.07) is 3.36. The van der Waals surface area contributed by atoms with Gasteiger partial charge in [0, 0.05) is 16.8 Å². The number of amides is 2. The Morgan fingerprint density at radius 2 is 2.38 bits per heavy atom. The fourth-order valence-corrected chi connectivity index (χ4v) is 1.79. The van der Waals surface area contributed by atoms with Crippen LogP contribution < -0.4 is 5.32 Å². The van der Waals surface area contributed by atoms with E-state index in [0.29, 0.717) is 5.06 Å². The second-order valence-electron chi connectivity index (χ2n) is 2.63. The van der Waals surface area contributed by atoms with Gasteiger partial charge < -0.3 is 5.32 Å². The molecule has 0 aromatic carbocycles. The summed E-state index contributed by atoms with van der Waals surface area (Å²) in [4.78, 5) is 13.0. The van der Waals surface area contributed by atoms with E-state index < -0.39 is 6.03 Å². The van der Waals surface area contributed by atoms with E-state index in [9.17, 15) is 10.0 Å². The number of carbonyl (C=O) groups excluding carboxylic acids is 1. The van der Waals surface area contributed by atoms with Gasteiger partial charge in [0.15, 0.2) is 0 Å². The standard InChI is InChI=1S/C8H12N2O2S/c1-6-3-4-7(13-6)5-10(12)8(11)9-2/h3-4,12H,5H2,1-2H3,(H,9,11). The lowest BCUT2D eigenvalue weighted by atomic mass is 10.4. The molecule has 13 heavy (non-hydrogen) atoms. The van der Waals surface area contributed by atoms with Crippen LogP contribution in [-0.2, 0) is 6.54 Å². The van der Waals surface area contributed by atoms with Gasteiger partial charge in [0.25, 0.3) is 0 Å². The first-order valence-electron chi connectivity index (χ1n) is 3.87. The number of carbonyl (C=O) groups is 1. The first-order chi connectivity index (χ1) is 6.13. The number of urea groups is 1. The van der Waals surface area contributed by atoms with E-state index in [1.165, 1.54) is 11.9 Å². The van der Waals surface area contributed by atoms with Crippen molar-refractivity contribution in [3.63, 3.8) is 0 Å². The van der Waals surface area contributed by atoms with E-state index >= 15 is 0 Å². The first kappa shape index (κ1) is 10.0. The molecule has 0 spiro atoms. The molecule has 0 fully saturated rings. The van der Waals surface area contributed by atoms with E-state index in [2.05, 4.69) is 5.32 Å². The highest BCUT2D eigenvalue weighted by molar-refractivity contribution is 7.11. The fraction of sp³-hybridized carbons (Fsp3) is 0.375. The molecule has 2 amide bonds. The Kier molecular flexibility index (Phi) is 3.27. The van der Waals surface area contributed by atoms with Crippen molar-refractivity contribution in [3.05, 3.63) is 21.9 Å². The van der Waals surface area contributed by atoms with Crippen molar-refractivity contribution in [2.75, 3.05) is 7.05 Å². The van der Waals surface area contributed by atoms with Gasteiger partial charge in [-0.05, 0) is 19.1 Å². The van der Waals surface area contributed by atoms with Crippen molar-refractivity contribution < 1.29 is 10.0 Å². The summed E-state index contributed by atoms with van der Waals surface area (Å²) in [5.41, 5.74) is 0. The Morgan fingerprint density at radius 3 is 2.85 bits per heavy atom. The number of hydroxylamine groups is 2. The molecule has 1 aromatic heterocycles. The lowest BCUT2D eigenvalue weighted by molar-refractivity contribution is -0.0493. The average Bonchev–Trinajstić information content (AvgIpc) is 2.49. The van der Waals surface area contributed by atoms with E-state index in [1.54, 1.807) is 11.3 Å². The second-order valence-corrected chi connectivity index (χ2v) is 4.00. The van der Waals surface area contributed by atoms with Crippen molar-refractivity contribution >= 4 is 17.4 Å². The van der Waals surface area contributed by atoms with Crippen molar-refractivity contribution in [2.45, 2.75) is 13.5 Å². The molecule has 2 N–H and O–H groups in total. The van der Waals surface area contributed by atoms with Crippen molar-refractivity contribution in [1.82, 2.24) is 10.4 Å². The molecule has 0 aliphatic rings. The maximum absolute atomic E-state index is 10.9. The van der Waals surface area contributed by atoms with Gasteiger partial charge in [-0.3, -0.25) is 5.21 Å². The summed E-state index contributed by atoms with van der Waals surface area (Å²) in [5, 5.41) is 12.2. The third-order valence-corrected chi connectivity index (χ3v) is 2.54. The Bertz CT molecular complexity index is 298. The van der Waals surface area contributed by atoms with E-state index in [-0.39, 0.29) is 6.54 Å². The molecule has 0 saturated heterocycles. The van der Waals surface area contributed by atoms with E-state index in [0.717, 1.165) is 4.88 Å². The molecule has 0 atom stereocenters. The summed E-state index contributed by atoms with van der Waals surface area (Å²) in [7, 11) is 1.48. The minimum absolute atomic E-state index is 0.234. The molecule has 0 aliphatic carbocycles. The number of nitrogens with zero attached hydrogens (tertiary/aromatic N) is 1. The summed E-state index contributed by atoms with van der Waals surface area (Å²) in [6.07, 6.45) is 0. The predicted octanol–water partition coefficient (Wildman–Crippen LogP) is 1.59. The van der Waals surface area contributed by atoms with Crippen LogP contribution >= 0.6 is 11.3 Å². The van der Waals surface area contributed by atoms with Crippen LogP contribution in [0.2, 0.25) is 0 Å². The van der Waals surface area contributed by atoms with Crippen LogP contribution in [0, 0.1) is 6.92 Å². The number of hydrogen-bond acceptors (Lipinski definition) is 3. The van der Waals surface area contributed by atoms with Crippen LogP contribution in [0.5, 0.6) is 0 Å². The zero-order valence-electron chi connectivity index (χ0n) is 7.57. The maximum Gasteiger partial charge on any atom is 0.341 e. The summed E-state index contributed by atoms with van der Waals surface area (Å²) >= 11 is 1.56. The maximum atomic E-state index is 10.9. The van der Waals surface area contributed by atoms with Crippen LogP contribution in [0.1, 0.15) is 9.75 Å². The molecule has 0 bridgehead atoms. The lowest BCUT2D eigenvalue weighted by Gasteiger charge is -2.12. The third-order valence-electron chi connectivity index (χ3n) is 1.55. The first-order valence-corrected chi connectivity index (χ1v) is 4.68. The SMILES string of the molecule is CNC(=O)N(O)Cc1ccc(C)s1. The Hall–Kier alpha value is -1.07. The second kappa shape index (κ2) is 4.25. The minimum Gasteiger partial charge on any atom is -0.339 e. The van der Waals surface area contributed by atoms with Gasteiger partial charge in [-0.25, -0.2) is 9.86 Å². The van der Waals surface area contributed by atoms with Gasteiger partial charge in [-0.1, -0.05) is 0 Å². The van der Waals surface area contributed by atoms with Crippen LogP contribution in [-0.4, -0.2) is 23.3 Å². The van der Waals surface area contributed by atoms with Gasteiger partial charge >= 0.3 is 6.03 Å². The Labute approximate surface area is 80.8 Å². The lowest BCUT2D eigenvalue weighted by Crippen LogP contribution is -2.34. The molecule has 4 nitrogen and oxygen atoms in total. The molecule has 0 aliphatic heterocycles. The van der Waals surface area contributed by atoms with Gasteiger partial charge in [0.1, 0.15) is 0 Å². The number of rotatable bonds is 2. The Morgan fingerprint density at radius 1 is 1.69 bits per heavy atom. The van der Waals surface area contributed by atoms with Gasteiger partial charge in [-0.2, -0.15) is 0 Å². The molecule has 0 unspecified atom stereocenters. The molecule has 1 heterocycles. The van der Waals surface area contributed by atoms with Gasteiger partial charge in [0.2, 0.25) is 0 Å². The highest BCUT2D eigenvalue weighted by Gasteiger charge is 2.09. The summed E-state index contributed by atoms with van der Waals surface area (Å²) in [5.74, 6) is 0. The molecule has 5 heteroatoms. The number of aryl methyl sites for hydroxylation is 1. The summed E-state index contributed by atoms with van der Waals surface area (Å²) < 4.78 is 0. The smallest absolute Gasteiger partial charge is 0.339 e. The van der Waals surface area contributed by atoms with Crippen LogP contribution in [0.25, 0.3) is 0 Å². The predicted molar refractivity (Wildman–Crippen MR) is 50.8 cm³/mol.